The predicted octanol–water partition coefficient (Wildman–Crippen LogP) is 19.5. The van der Waals surface area contributed by atoms with Crippen molar-refractivity contribution in [2.24, 2.45) is 5.73 Å². The number of halogens is 6. The van der Waals surface area contributed by atoms with Gasteiger partial charge in [0.15, 0.2) is 0 Å². The number of nitrogens with zero attached hydrogens (tertiary/aromatic N) is 9. The Hall–Kier alpha value is -10.8. The number of H-pyrrole nitrogens is 1. The minimum Gasteiger partial charge on any atom is -0.496 e. The number of primary amides is 1. The summed E-state index contributed by atoms with van der Waals surface area (Å²) in [6.07, 6.45) is 6.90. The normalized spacial score (nSPS) is 14.3. The zero-order chi connectivity index (χ0) is 94.2. The quantitative estimate of drug-likeness (QED) is 0.0143. The summed E-state index contributed by atoms with van der Waals surface area (Å²) in [4.78, 5) is 81.5. The van der Waals surface area contributed by atoms with E-state index in [1.807, 2.05) is 72.5 Å². The number of aromatic amines is 1. The van der Waals surface area contributed by atoms with Crippen LogP contribution in [0.1, 0.15) is 181 Å². The Morgan fingerprint density at radius 1 is 0.461 bits per heavy atom. The number of methoxy groups -OCH3 is 4. The van der Waals surface area contributed by atoms with Gasteiger partial charge >= 0.3 is 17.9 Å². The van der Waals surface area contributed by atoms with Crippen molar-refractivity contribution in [1.82, 2.24) is 19.9 Å². The van der Waals surface area contributed by atoms with Crippen molar-refractivity contribution in [1.29, 1.82) is 31.6 Å². The first-order valence-corrected chi connectivity index (χ1v) is 47.7. The number of aromatic nitrogens is 4. The molecule has 0 saturated carbocycles. The third kappa shape index (κ3) is 26.1. The van der Waals surface area contributed by atoms with E-state index in [2.05, 4.69) is 201 Å². The van der Waals surface area contributed by atoms with Crippen molar-refractivity contribution in [3.63, 3.8) is 0 Å². The molecule has 0 radical (unpaired) electrons. The zero-order valence-electron chi connectivity index (χ0n) is 72.3. The van der Waals surface area contributed by atoms with Gasteiger partial charge in [-0.1, -0.05) is 167 Å². The molecular weight excluding hydrogens is 2320 g/mol. The van der Waals surface area contributed by atoms with E-state index in [0.717, 1.165) is 44.8 Å². The summed E-state index contributed by atoms with van der Waals surface area (Å²) >= 11 is 13.6. The first-order valence-electron chi connectivity index (χ1n) is 38.7. The monoisotopic (exact) mass is 2410 g/mol. The highest BCUT2D eigenvalue weighted by atomic mass is 127. The molecule has 0 aliphatic carbocycles. The van der Waals surface area contributed by atoms with Crippen LogP contribution < -0.4 is 65.7 Å². The first kappa shape index (κ1) is 108. The Balaban J connectivity index is 0.000000292. The van der Waals surface area contributed by atoms with E-state index in [1.54, 1.807) is 118 Å². The average Bonchev–Trinajstić information content (AvgIpc) is 0.756. The van der Waals surface area contributed by atoms with Gasteiger partial charge in [0, 0.05) is 75.4 Å². The maximum atomic E-state index is 13.2. The third-order valence-corrected chi connectivity index (χ3v) is 19.7. The molecular formula is C92H97I6N15O15. The molecule has 0 bridgehead atoms. The van der Waals surface area contributed by atoms with Gasteiger partial charge < -0.3 is 79.7 Å². The molecule has 4 aromatic heterocycles. The summed E-state index contributed by atoms with van der Waals surface area (Å²) in [6.45, 7) is 21.4. The van der Waals surface area contributed by atoms with Gasteiger partial charge in [0.2, 0.25) is 23.5 Å². The molecule has 4 aromatic carbocycles. The molecule has 128 heavy (non-hydrogen) atoms. The molecule has 672 valence electrons. The third-order valence-electron chi connectivity index (χ3n) is 19.7. The number of carbonyl (C=O) groups excluding carboxylic acids is 3. The number of carboxylic acid groups (broad SMARTS) is 1. The molecule has 8 heterocycles. The lowest BCUT2D eigenvalue weighted by molar-refractivity contribution is -0.140. The number of fused-ring (bicyclic) bond motifs is 4. The van der Waals surface area contributed by atoms with E-state index in [4.69, 9.17) is 58.9 Å². The fraction of sp³-hybridized carbons (Fsp3) is 0.326. The van der Waals surface area contributed by atoms with Crippen LogP contribution in [0.2, 0.25) is 0 Å². The van der Waals surface area contributed by atoms with Crippen LogP contribution >= 0.6 is 136 Å². The lowest BCUT2D eigenvalue weighted by Crippen LogP contribution is -2.30. The van der Waals surface area contributed by atoms with Crippen molar-refractivity contribution in [3.05, 3.63) is 242 Å². The second kappa shape index (κ2) is 52.6. The number of benzene rings is 4. The van der Waals surface area contributed by atoms with Crippen molar-refractivity contribution in [2.75, 3.05) is 90.1 Å². The van der Waals surface area contributed by atoms with Crippen LogP contribution in [-0.4, -0.2) is 118 Å². The van der Waals surface area contributed by atoms with Crippen LogP contribution in [-0.2, 0) is 28.7 Å². The number of nitriles is 6. The highest BCUT2D eigenvalue weighted by molar-refractivity contribution is 14.3. The molecule has 36 heteroatoms. The highest BCUT2D eigenvalue weighted by Gasteiger charge is 2.43. The number of allylic oxidation sites excluding steroid dienone is 4. The lowest BCUT2D eigenvalue weighted by atomic mass is 9.79. The predicted molar refractivity (Wildman–Crippen MR) is 540 cm³/mol. The number of nitrogens with one attached hydrogen (secondary N) is 5. The van der Waals surface area contributed by atoms with Gasteiger partial charge in [-0.05, 0) is 152 Å². The first-order chi connectivity index (χ1) is 60.9. The Morgan fingerprint density at radius 2 is 0.727 bits per heavy atom. The summed E-state index contributed by atoms with van der Waals surface area (Å²) < 4.78 is 52.1. The van der Waals surface area contributed by atoms with Crippen molar-refractivity contribution >= 4 is 182 Å². The van der Waals surface area contributed by atoms with Gasteiger partial charge in [-0.25, -0.2) is 29.3 Å². The molecule has 4 atom stereocenters. The lowest BCUT2D eigenvalue weighted by Gasteiger charge is -2.32. The minimum atomic E-state index is -1.05. The Labute approximate surface area is 827 Å². The number of hydrogen-bond acceptors (Lipinski definition) is 27. The average molecular weight is 2410 g/mol. The number of pyridine rings is 4. The minimum absolute atomic E-state index is 0. The smallest absolute Gasteiger partial charge is 0.336 e. The number of carboxylic acids is 1. The second-order valence-electron chi connectivity index (χ2n) is 27.3. The van der Waals surface area contributed by atoms with Crippen molar-refractivity contribution < 1.29 is 66.9 Å². The molecule has 4 unspecified atom stereocenters. The van der Waals surface area contributed by atoms with E-state index >= 15 is 0 Å². The number of hydrogen-bond donors (Lipinski definition) is 7. The van der Waals surface area contributed by atoms with Gasteiger partial charge in [-0.2, -0.15) is 31.6 Å². The fourth-order valence-electron chi connectivity index (χ4n) is 14.4. The summed E-state index contributed by atoms with van der Waals surface area (Å²) in [7, 11) is 6.00. The number of anilines is 4. The number of aryl methyl sites for hydroxylation is 4. The van der Waals surface area contributed by atoms with E-state index in [9.17, 15) is 50.1 Å². The largest absolute Gasteiger partial charge is 0.496 e. The van der Waals surface area contributed by atoms with E-state index < -0.39 is 47.5 Å². The van der Waals surface area contributed by atoms with Gasteiger partial charge in [-0.15, -0.1) is 0 Å². The number of alkyl halides is 6. The molecule has 4 aliphatic heterocycles. The van der Waals surface area contributed by atoms with E-state index in [-0.39, 0.29) is 50.2 Å². The summed E-state index contributed by atoms with van der Waals surface area (Å²) in [5.41, 5.74) is 22.2. The summed E-state index contributed by atoms with van der Waals surface area (Å²) in [5.74, 6) is -2.39. The second-order valence-corrected chi connectivity index (χ2v) is 42.6. The number of nitrogens with two attached hydrogens (primary N) is 1. The van der Waals surface area contributed by atoms with Gasteiger partial charge in [-0.3, -0.25) is 9.59 Å². The van der Waals surface area contributed by atoms with Crippen molar-refractivity contribution in [3.8, 4) is 77.1 Å². The molecule has 0 saturated heterocycles. The molecule has 0 fully saturated rings. The molecule has 0 spiro atoms. The molecule has 1 amide bonds. The van der Waals surface area contributed by atoms with Crippen molar-refractivity contribution in [2.45, 2.75) is 120 Å². The Morgan fingerprint density at radius 3 is 0.992 bits per heavy atom. The van der Waals surface area contributed by atoms with Crippen LogP contribution in [0, 0.1) is 95.7 Å². The molecule has 8 aromatic rings. The maximum absolute atomic E-state index is 13.2. The maximum Gasteiger partial charge on any atom is 0.336 e. The van der Waals surface area contributed by atoms with Crippen LogP contribution in [0.15, 0.2) is 147 Å². The number of aliphatic carboxylic acids is 1. The Kier molecular flexibility index (Phi) is 44.3. The molecule has 8 N–H and O–H groups in total. The SMILES string of the molecule is C.CCOc1ncc(C)c2c1C(c1ccc(C#N)cc1OC)C(C(=O)O)=C(C)N2.CCOc1ncc(C)c2c1C(c1ccc(C#N)cc1OC)C(C(=O)OCCC#N)=C(C)N2.CCOc1ncc(C)c2c1C(c1ccc(C#N)cc1OC)C(C(N)=O)=C(C)N2.CI.COc1cc(C#N)ccc1C1C(C(=O)OCCC#N)=C(C)Nc2c(C)c[nH]c(=O)c21.IC(I)I.ICI. The van der Waals surface area contributed by atoms with E-state index in [1.165, 1.54) is 30.9 Å². The van der Waals surface area contributed by atoms with Crippen LogP contribution in [0.25, 0.3) is 0 Å². The van der Waals surface area contributed by atoms with E-state index in [0.29, 0.717) is 161 Å². The Bertz CT molecular complexity index is 5730. The van der Waals surface area contributed by atoms with Crippen LogP contribution in [0.3, 0.4) is 0 Å². The topological polar surface area (TPSA) is 460 Å². The van der Waals surface area contributed by atoms with Crippen LogP contribution in [0.5, 0.6) is 40.6 Å². The number of ether oxygens (including phenoxy) is 9. The molecule has 30 nitrogen and oxygen atoms in total. The highest BCUT2D eigenvalue weighted by Crippen LogP contribution is 2.53. The standard InChI is InChI=1S/C24H24N4O4.C22H20N4O4.C21H22N4O3.C21H21N3O4.CHI3.CH2I2.CH3I.CH4/c1-5-31-23-21-20(17-8-7-16(12-26)11-18(17)30-4)19(24(29)32-10-6-9-25)15(3)28-22(21)14(2)13-27-23;1-12-11-25-21(27)19-18(15-6-5-14(10-24)9-16(15)29-3)17(13(2)26-20(12)19)22(28)30-8-4-7-23;1-5-28-21-18-17(14-7-6-13(9-22)8-15(14)27-4)16(20(23)26)12(3)25-19(18)11(2)10-24-21;1-5-28-20-18-17(14-7-6-13(9-22)8-15(14)27-4)16(21(25)26)12(3)24-19(18)11(2)10-23-20;2-1(3)4;2-1-3;1-2;/h7-8,11,13,20,28H,5-6,10H2,1-4H3;5-6,9,11,18,26H,4,8H2,1-3H3,(H,25,27);6-8,10,17,25H,5H2,1-4H3,(H2,23,26);6-8,10,17,24H,5H2,1-4H3,(H,25,26);1H;1H2;1H3;1H4. The number of carbonyl (C=O) groups is 4. The number of esters is 2. The number of amides is 1. The molecule has 4 aliphatic rings. The zero-order valence-corrected chi connectivity index (χ0v) is 85.3. The summed E-state index contributed by atoms with van der Waals surface area (Å²) in [6, 6.07) is 32.3. The number of rotatable bonds is 22. The fourth-order valence-corrected chi connectivity index (χ4v) is 14.4. The van der Waals surface area contributed by atoms with Gasteiger partial charge in [0.25, 0.3) is 5.56 Å². The van der Waals surface area contributed by atoms with Gasteiger partial charge in [0.05, 0.1) is 208 Å². The molecule has 12 rings (SSSR count). The summed E-state index contributed by atoms with van der Waals surface area (Å²) in [5, 5.41) is 77.4. The van der Waals surface area contributed by atoms with Gasteiger partial charge in [0.1, 0.15) is 36.1 Å². The van der Waals surface area contributed by atoms with Crippen LogP contribution in [0.4, 0.5) is 22.7 Å².